The molecule has 1 aliphatic heterocycles. The van der Waals surface area contributed by atoms with E-state index in [1.54, 1.807) is 18.1 Å². The van der Waals surface area contributed by atoms with E-state index in [0.717, 1.165) is 35.6 Å². The highest BCUT2D eigenvalue weighted by Gasteiger charge is 2.31. The van der Waals surface area contributed by atoms with Crippen LogP contribution in [-0.2, 0) is 11.2 Å². The third kappa shape index (κ3) is 3.57. The fraction of sp³-hybridized carbons (Fsp3) is 0.263. The highest BCUT2D eigenvalue weighted by atomic mass is 35.5. The standard InChI is InChI=1S/C19H19N7OS.ClH/c20-15-12-4-2-1-3-11(12)7-13(15)25-19(27)14-8-26(5-6-28-14)18-16-17(22-9-21-16)23-10-24-18;/h1-4,8-10,13,15H,5-7,20H2,(H,25,27)(H,21,22,23,24);1H/t13-,15-;/m0./s1. The molecule has 2 aromatic heterocycles. The van der Waals surface area contributed by atoms with Gasteiger partial charge in [0.25, 0.3) is 5.91 Å². The van der Waals surface area contributed by atoms with E-state index >= 15 is 0 Å². The average Bonchev–Trinajstić information content (AvgIpc) is 3.33. The number of benzene rings is 1. The quantitative estimate of drug-likeness (QED) is 0.582. The summed E-state index contributed by atoms with van der Waals surface area (Å²) < 4.78 is 0. The lowest BCUT2D eigenvalue weighted by atomic mass is 10.1. The molecule has 2 atom stereocenters. The Bertz CT molecular complexity index is 1090. The van der Waals surface area contributed by atoms with Crippen LogP contribution in [0.1, 0.15) is 17.2 Å². The van der Waals surface area contributed by atoms with E-state index in [9.17, 15) is 4.79 Å². The lowest BCUT2D eigenvalue weighted by Crippen LogP contribution is -2.42. The third-order valence-electron chi connectivity index (χ3n) is 5.17. The lowest BCUT2D eigenvalue weighted by molar-refractivity contribution is -0.117. The van der Waals surface area contributed by atoms with Gasteiger partial charge < -0.3 is 20.9 Å². The summed E-state index contributed by atoms with van der Waals surface area (Å²) in [5.41, 5.74) is 10.0. The summed E-state index contributed by atoms with van der Waals surface area (Å²) >= 11 is 1.54. The number of rotatable bonds is 3. The van der Waals surface area contributed by atoms with E-state index in [-0.39, 0.29) is 30.4 Å². The number of halogens is 1. The number of H-pyrrole nitrogens is 1. The molecular weight excluding hydrogens is 410 g/mol. The number of hydrogen-bond acceptors (Lipinski definition) is 7. The summed E-state index contributed by atoms with van der Waals surface area (Å²) in [4.78, 5) is 31.3. The first-order valence-corrected chi connectivity index (χ1v) is 10.1. The second-order valence-corrected chi connectivity index (χ2v) is 7.98. The summed E-state index contributed by atoms with van der Waals surface area (Å²) in [6.45, 7) is 0.751. The van der Waals surface area contributed by atoms with Crippen LogP contribution in [0.25, 0.3) is 11.2 Å². The van der Waals surface area contributed by atoms with Crippen LogP contribution in [0, 0.1) is 0 Å². The van der Waals surface area contributed by atoms with Crippen LogP contribution >= 0.6 is 24.2 Å². The van der Waals surface area contributed by atoms with Crippen molar-refractivity contribution < 1.29 is 4.79 Å². The van der Waals surface area contributed by atoms with Crippen LogP contribution in [0.5, 0.6) is 0 Å². The molecule has 4 N–H and O–H groups in total. The number of carbonyl (C=O) groups is 1. The van der Waals surface area contributed by atoms with Crippen LogP contribution < -0.4 is 16.0 Å². The maximum atomic E-state index is 12.9. The molecule has 5 rings (SSSR count). The van der Waals surface area contributed by atoms with Gasteiger partial charge in [0.1, 0.15) is 11.8 Å². The molecule has 0 saturated carbocycles. The zero-order valence-corrected chi connectivity index (χ0v) is 17.0. The van der Waals surface area contributed by atoms with E-state index < -0.39 is 0 Å². The van der Waals surface area contributed by atoms with Crippen molar-refractivity contribution in [2.24, 2.45) is 5.73 Å². The molecule has 150 valence electrons. The Morgan fingerprint density at radius 1 is 1.28 bits per heavy atom. The number of amides is 1. The minimum atomic E-state index is -0.183. The Morgan fingerprint density at radius 3 is 3.00 bits per heavy atom. The van der Waals surface area contributed by atoms with Crippen molar-refractivity contribution in [3.05, 3.63) is 59.2 Å². The monoisotopic (exact) mass is 429 g/mol. The maximum absolute atomic E-state index is 12.9. The third-order valence-corrected chi connectivity index (χ3v) is 6.15. The molecular formula is C19H20ClN7OS. The predicted octanol–water partition coefficient (Wildman–Crippen LogP) is 1.91. The fourth-order valence-corrected chi connectivity index (χ4v) is 4.66. The molecule has 2 aliphatic rings. The zero-order chi connectivity index (χ0) is 19.1. The summed E-state index contributed by atoms with van der Waals surface area (Å²) in [6.07, 6.45) is 5.69. The van der Waals surface area contributed by atoms with Gasteiger partial charge in [0.2, 0.25) is 0 Å². The number of carbonyl (C=O) groups excluding carboxylic acids is 1. The SMILES string of the molecule is Cl.N[C@H]1c2ccccc2C[C@@H]1NC(=O)C1=CN(c2ncnc3nc[nH]c23)CCS1. The van der Waals surface area contributed by atoms with Gasteiger partial charge in [0.05, 0.1) is 23.3 Å². The Morgan fingerprint density at radius 2 is 2.14 bits per heavy atom. The van der Waals surface area contributed by atoms with Crippen molar-refractivity contribution in [2.45, 2.75) is 18.5 Å². The Balaban J connectivity index is 0.00000205. The molecule has 3 heterocycles. The number of nitrogens with two attached hydrogens (primary N) is 1. The average molecular weight is 430 g/mol. The zero-order valence-electron chi connectivity index (χ0n) is 15.4. The second kappa shape index (κ2) is 8.02. The van der Waals surface area contributed by atoms with E-state index in [1.165, 1.54) is 11.9 Å². The van der Waals surface area contributed by atoms with Gasteiger partial charge in [-0.25, -0.2) is 15.0 Å². The molecule has 0 unspecified atom stereocenters. The number of hydrogen-bond donors (Lipinski definition) is 3. The lowest BCUT2D eigenvalue weighted by Gasteiger charge is -2.26. The van der Waals surface area contributed by atoms with Crippen molar-refractivity contribution in [2.75, 3.05) is 17.2 Å². The number of imidazole rings is 1. The minimum Gasteiger partial charge on any atom is -0.347 e. The first-order valence-electron chi connectivity index (χ1n) is 9.10. The Labute approximate surface area is 177 Å². The van der Waals surface area contributed by atoms with Crippen molar-refractivity contribution >= 4 is 47.1 Å². The molecule has 0 bridgehead atoms. The Hall–Kier alpha value is -2.62. The van der Waals surface area contributed by atoms with Gasteiger partial charge >= 0.3 is 0 Å². The van der Waals surface area contributed by atoms with Crippen LogP contribution in [0.4, 0.5) is 5.82 Å². The van der Waals surface area contributed by atoms with Gasteiger partial charge in [-0.2, -0.15) is 0 Å². The Kier molecular flexibility index (Phi) is 5.44. The van der Waals surface area contributed by atoms with Gasteiger partial charge in [-0.1, -0.05) is 24.3 Å². The first-order chi connectivity index (χ1) is 13.7. The van der Waals surface area contributed by atoms with Crippen LogP contribution in [0.2, 0.25) is 0 Å². The molecule has 0 fully saturated rings. The summed E-state index contributed by atoms with van der Waals surface area (Å²) in [5.74, 6) is 1.41. The maximum Gasteiger partial charge on any atom is 0.259 e. The molecule has 3 aromatic rings. The topological polar surface area (TPSA) is 113 Å². The van der Waals surface area contributed by atoms with Crippen molar-refractivity contribution in [1.29, 1.82) is 0 Å². The van der Waals surface area contributed by atoms with Gasteiger partial charge in [0, 0.05) is 18.5 Å². The minimum absolute atomic E-state index is 0. The van der Waals surface area contributed by atoms with Crippen molar-refractivity contribution in [3.63, 3.8) is 0 Å². The number of anilines is 1. The molecule has 10 heteroatoms. The largest absolute Gasteiger partial charge is 0.347 e. The van der Waals surface area contributed by atoms with Gasteiger partial charge in [-0.15, -0.1) is 24.2 Å². The second-order valence-electron chi connectivity index (χ2n) is 6.84. The molecule has 1 aromatic carbocycles. The van der Waals surface area contributed by atoms with E-state index in [0.29, 0.717) is 10.6 Å². The van der Waals surface area contributed by atoms with E-state index in [1.807, 2.05) is 29.3 Å². The van der Waals surface area contributed by atoms with Crippen molar-refractivity contribution in [3.8, 4) is 0 Å². The summed E-state index contributed by atoms with van der Waals surface area (Å²) in [5, 5.41) is 3.12. The van der Waals surface area contributed by atoms with E-state index in [4.69, 9.17) is 5.73 Å². The number of nitrogens with zero attached hydrogens (tertiary/aromatic N) is 4. The number of aromatic nitrogens is 4. The number of thioether (sulfide) groups is 1. The number of aromatic amines is 1. The molecule has 0 saturated heterocycles. The predicted molar refractivity (Wildman–Crippen MR) is 116 cm³/mol. The number of nitrogens with one attached hydrogen (secondary N) is 2. The number of fused-ring (bicyclic) bond motifs is 2. The van der Waals surface area contributed by atoms with Crippen molar-refractivity contribution in [1.82, 2.24) is 25.3 Å². The summed E-state index contributed by atoms with van der Waals surface area (Å²) in [7, 11) is 0. The molecule has 29 heavy (non-hydrogen) atoms. The summed E-state index contributed by atoms with van der Waals surface area (Å²) in [6, 6.07) is 7.82. The van der Waals surface area contributed by atoms with E-state index in [2.05, 4.69) is 31.3 Å². The highest BCUT2D eigenvalue weighted by Crippen LogP contribution is 2.31. The molecule has 1 amide bonds. The highest BCUT2D eigenvalue weighted by molar-refractivity contribution is 8.04. The van der Waals surface area contributed by atoms with Crippen LogP contribution in [0.3, 0.4) is 0 Å². The van der Waals surface area contributed by atoms with Gasteiger partial charge in [-0.05, 0) is 17.5 Å². The normalized spacial score (nSPS) is 20.7. The molecule has 8 nitrogen and oxygen atoms in total. The molecule has 0 spiro atoms. The fourth-order valence-electron chi connectivity index (χ4n) is 3.76. The molecule has 1 aliphatic carbocycles. The van der Waals surface area contributed by atoms with Gasteiger partial charge in [0.15, 0.2) is 11.5 Å². The van der Waals surface area contributed by atoms with Crippen LogP contribution in [-0.4, -0.2) is 44.2 Å². The van der Waals surface area contributed by atoms with Gasteiger partial charge in [-0.3, -0.25) is 4.79 Å². The first kappa shape index (κ1) is 19.7. The van der Waals surface area contributed by atoms with Crippen LogP contribution in [0.15, 0.2) is 48.0 Å². The molecule has 0 radical (unpaired) electrons. The smallest absolute Gasteiger partial charge is 0.259 e.